The van der Waals surface area contributed by atoms with Crippen LogP contribution in [0.3, 0.4) is 0 Å². The monoisotopic (exact) mass is 1790 g/mol. The Bertz CT molecular complexity index is 5180. The number of phenolic OH excluding ortho intramolecular Hbond substituents is 2. The molecule has 0 unspecified atom stereocenters. The summed E-state index contributed by atoms with van der Waals surface area (Å²) in [5.41, 5.74) is 9.04. The number of anilines is 1. The van der Waals surface area contributed by atoms with E-state index in [2.05, 4.69) is 52.8 Å². The van der Waals surface area contributed by atoms with Crippen molar-refractivity contribution in [2.75, 3.05) is 57.7 Å². The number of para-hydroxylation sites is 1. The highest BCUT2D eigenvalue weighted by Gasteiger charge is 2.45. The Morgan fingerprint density at radius 3 is 1.64 bits per heavy atom. The van der Waals surface area contributed by atoms with Crippen molar-refractivity contribution in [2.45, 2.75) is 185 Å². The van der Waals surface area contributed by atoms with E-state index in [4.69, 9.17) is 5.73 Å². The van der Waals surface area contributed by atoms with Gasteiger partial charge in [0.1, 0.15) is 84.0 Å². The number of likely N-dealkylation sites (N-methyl/N-ethyl adjacent to an activating group) is 4. The second kappa shape index (κ2) is 46.7. The average molecular weight is 1790 g/mol. The number of hydrogen-bond acceptors (Lipinski definition) is 19. The highest BCUT2D eigenvalue weighted by Crippen LogP contribution is 2.29. The van der Waals surface area contributed by atoms with Crippen LogP contribution in [0.15, 0.2) is 164 Å². The fourth-order valence-corrected chi connectivity index (χ4v) is 16.3. The van der Waals surface area contributed by atoms with Crippen molar-refractivity contribution < 1.29 is 92.0 Å². The largest absolute Gasteiger partial charge is 0.508 e. The number of aromatic hydroxyl groups is 2. The van der Waals surface area contributed by atoms with E-state index >= 15 is 43.2 Å². The number of unbranched alkanes of at least 4 members (excludes halogenated alkanes) is 1. The van der Waals surface area contributed by atoms with Crippen molar-refractivity contribution in [1.82, 2.24) is 72.4 Å². The molecule has 3 aliphatic heterocycles. The van der Waals surface area contributed by atoms with E-state index in [1.165, 1.54) is 99.5 Å². The predicted molar refractivity (Wildman–Crippen MR) is 481 cm³/mol. The second-order valence-corrected chi connectivity index (χ2v) is 34.4. The maximum Gasteiger partial charge on any atom is 0.305 e. The Morgan fingerprint density at radius 2 is 1.05 bits per heavy atom. The first-order chi connectivity index (χ1) is 61.4. The molecule has 4 heterocycles. The van der Waals surface area contributed by atoms with Crippen molar-refractivity contribution >= 4 is 123 Å². The van der Waals surface area contributed by atoms with Crippen LogP contribution in [0.4, 0.5) is 5.69 Å². The zero-order valence-corrected chi connectivity index (χ0v) is 74.7. The van der Waals surface area contributed by atoms with Gasteiger partial charge in [0.2, 0.25) is 82.7 Å². The van der Waals surface area contributed by atoms with E-state index in [1.807, 2.05) is 6.92 Å². The molecule has 6 aromatic carbocycles. The van der Waals surface area contributed by atoms with Crippen molar-refractivity contribution in [3.05, 3.63) is 197 Å². The van der Waals surface area contributed by atoms with Gasteiger partial charge in [0.15, 0.2) is 0 Å². The number of phenols is 2. The van der Waals surface area contributed by atoms with Crippen LogP contribution in [0.5, 0.6) is 11.5 Å². The molecule has 0 spiro atoms. The Balaban J connectivity index is 1.13. The van der Waals surface area contributed by atoms with E-state index in [9.17, 15) is 48.9 Å². The second-order valence-electron chi connectivity index (χ2n) is 33.4. The van der Waals surface area contributed by atoms with Gasteiger partial charge in [0, 0.05) is 95.3 Å². The third kappa shape index (κ3) is 27.9. The summed E-state index contributed by atoms with van der Waals surface area (Å²) in [7, 11) is 5.31. The molecule has 3 aliphatic rings. The number of aromatic amines is 1. The van der Waals surface area contributed by atoms with Crippen LogP contribution in [-0.4, -0.2) is 260 Å². The van der Waals surface area contributed by atoms with Crippen LogP contribution < -0.4 is 58.5 Å². The lowest BCUT2D eigenvalue weighted by Crippen LogP contribution is -2.62. The van der Waals surface area contributed by atoms with Crippen LogP contribution in [0.2, 0.25) is 0 Å². The van der Waals surface area contributed by atoms with Gasteiger partial charge in [-0.25, -0.2) is 0 Å². The number of H-pyrrole nitrogens is 1. The molecule has 1 aromatic heterocycles. The van der Waals surface area contributed by atoms with Crippen molar-refractivity contribution in [1.29, 1.82) is 0 Å². The fourth-order valence-electron chi connectivity index (χ4n) is 15.5. The normalized spacial score (nSPS) is 22.7. The minimum atomic E-state index is -1.95. The molecular weight excluding hydrogens is 1680 g/mol. The molecule has 4 bridgehead atoms. The molecule has 12 atom stereocenters. The standard InChI is InChI=1S/C93H116N16O19S/c1-11-12-30-74-92(127)109-55(6)82(117)99-70(47-80(115)116)87(122)104-81(54(4)5)93(128)107(9)75(44-57-24-17-14-18-25-57)88(123)102-71(43-59-33-37-64(111)38-34-59)89(124)105(7)50-78(113)97-69(46-61-48-95-66-29-20-19-28-65(61)66)86(121)101-68(41-58-31-35-63(110)36-32-58)85(120)100-67(39-53(2)3)84(119)103-73(83(118)96-49-77(94)112)51-129-52-79(114)98-72(42-56-22-15-13-16-23-56)90(125)108(10)76(91(126)106(74)8)45-60-26-21-27-62(109)40-60/h13-29,31-38,40,48,53-55,67-76,81,95,110-111H,11-12,30,39,41-47,49-52H2,1-10H3,(H2,94,112)(H,96,118)(H,97,113)(H,98,114)(H,99,117)(H,100,120)(H,101,121)(H,102,123)(H,103,119)(H,104,122)(H,115,116)/t55-,67-,68-,69-,70-,71-,72-,73-,74-,75-,76-,81-/m0/s1. The molecule has 0 radical (unpaired) electrons. The number of primary amides is 1. The van der Waals surface area contributed by atoms with Gasteiger partial charge < -0.3 is 93.5 Å². The summed E-state index contributed by atoms with van der Waals surface area (Å²) >= 11 is 0.832. The lowest BCUT2D eigenvalue weighted by Gasteiger charge is -2.40. The number of fused-ring (bicyclic) bond motifs is 39. The summed E-state index contributed by atoms with van der Waals surface area (Å²) in [6.45, 7) is 8.35. The van der Waals surface area contributed by atoms with Gasteiger partial charge in [-0.05, 0) is 107 Å². The maximum absolute atomic E-state index is 15.7. The number of hydrogen-bond donors (Lipinski definition) is 14. The summed E-state index contributed by atoms with van der Waals surface area (Å²) in [5.74, 6) is -17.4. The van der Waals surface area contributed by atoms with Crippen LogP contribution >= 0.6 is 11.8 Å². The van der Waals surface area contributed by atoms with E-state index in [1.54, 1.807) is 137 Å². The van der Waals surface area contributed by atoms with E-state index in [0.29, 0.717) is 57.1 Å². The zero-order valence-electron chi connectivity index (χ0n) is 73.9. The Morgan fingerprint density at radius 1 is 0.519 bits per heavy atom. The highest BCUT2D eigenvalue weighted by molar-refractivity contribution is 8.00. The lowest BCUT2D eigenvalue weighted by molar-refractivity contribution is -0.148. The number of carboxylic acids is 1. The number of amides is 15. The number of nitrogens with two attached hydrogens (primary N) is 1. The summed E-state index contributed by atoms with van der Waals surface area (Å²) in [4.78, 5) is 246. The third-order valence-corrected chi connectivity index (χ3v) is 23.7. The number of nitrogens with one attached hydrogen (secondary N) is 10. The smallest absolute Gasteiger partial charge is 0.305 e. The molecule has 1 saturated heterocycles. The first-order valence-corrected chi connectivity index (χ1v) is 44.0. The maximum atomic E-state index is 15.7. The molecule has 129 heavy (non-hydrogen) atoms. The van der Waals surface area contributed by atoms with E-state index in [0.717, 1.165) is 26.5 Å². The molecule has 0 aliphatic carbocycles. The van der Waals surface area contributed by atoms with Crippen LogP contribution in [-0.2, 0) is 115 Å². The number of carbonyl (C=O) groups excluding carboxylic acids is 15. The van der Waals surface area contributed by atoms with Crippen molar-refractivity contribution in [2.24, 2.45) is 17.6 Å². The number of benzene rings is 6. The SMILES string of the molecule is CCCC[C@H]1C(=O)N2c3cccc(c3)C[C@@H](C(=O)N1C)N(C)C(=O)[C@H](Cc1ccccc1)NC(=O)CSC[C@@H](C(=O)NCC(N)=O)NC(=O)[C@H](CC(C)C)NC(=O)[C@H](Cc1ccc(O)cc1)NC(=O)[C@H](Cc1c[nH]c3ccccc13)NC(=O)CN(C)C(=O)[C@H](Cc1ccc(O)cc1)NC(=O)[C@H](Cc1ccccc1)N(C)C(=O)[C@H](C(C)C)NC(=O)[C@H](CC(=O)O)NC(=O)[C@@H]2C. The zero-order chi connectivity index (χ0) is 94.0. The van der Waals surface area contributed by atoms with Gasteiger partial charge in [0.25, 0.3) is 5.91 Å². The Hall–Kier alpha value is -13.7. The first-order valence-electron chi connectivity index (χ1n) is 42.8. The number of rotatable bonds is 21. The molecule has 688 valence electrons. The summed E-state index contributed by atoms with van der Waals surface area (Å²) in [6.07, 6.45) is -0.0113. The summed E-state index contributed by atoms with van der Waals surface area (Å²) in [5, 5.41) is 56.0. The molecule has 0 saturated carbocycles. The molecular formula is C93H116N16O19S. The molecule has 15 amide bonds. The van der Waals surface area contributed by atoms with E-state index in [-0.39, 0.29) is 80.2 Å². The Kier molecular flexibility index (Phi) is 35.9. The summed E-state index contributed by atoms with van der Waals surface area (Å²) in [6, 6.07) is 23.3. The van der Waals surface area contributed by atoms with Gasteiger partial charge in [-0.15, -0.1) is 11.8 Å². The lowest BCUT2D eigenvalue weighted by atomic mass is 9.96. The number of aliphatic carboxylic acids is 1. The van der Waals surface area contributed by atoms with Gasteiger partial charge in [-0.3, -0.25) is 81.6 Å². The van der Waals surface area contributed by atoms with Crippen LogP contribution in [0, 0.1) is 11.8 Å². The number of carboxylic acid groups (broad SMARTS) is 1. The topological polar surface area (TPSA) is 500 Å². The van der Waals surface area contributed by atoms with Crippen molar-refractivity contribution in [3.8, 4) is 11.5 Å². The average Bonchev–Trinajstić information content (AvgIpc) is 1.29. The molecule has 10 rings (SSSR count). The minimum Gasteiger partial charge on any atom is -0.508 e. The third-order valence-electron chi connectivity index (χ3n) is 22.6. The number of nitrogens with zero attached hydrogens (tertiary/aromatic N) is 5. The predicted octanol–water partition coefficient (Wildman–Crippen LogP) is 2.60. The molecule has 7 aromatic rings. The van der Waals surface area contributed by atoms with Crippen LogP contribution in [0.1, 0.15) is 107 Å². The first kappa shape index (κ1) is 99.1. The number of thioether (sulfide) groups is 1. The molecule has 1 fully saturated rings. The van der Waals surface area contributed by atoms with Gasteiger partial charge in [-0.2, -0.15) is 0 Å². The van der Waals surface area contributed by atoms with Gasteiger partial charge in [0.05, 0.1) is 25.3 Å². The van der Waals surface area contributed by atoms with Crippen molar-refractivity contribution in [3.63, 3.8) is 0 Å². The quantitative estimate of drug-likeness (QED) is 0.0460. The molecule has 36 heteroatoms. The van der Waals surface area contributed by atoms with Gasteiger partial charge >= 0.3 is 5.97 Å². The fraction of sp³-hybridized carbons (Fsp3) is 0.419. The van der Waals surface area contributed by atoms with Gasteiger partial charge in [-0.1, -0.05) is 163 Å². The van der Waals surface area contributed by atoms with Crippen LogP contribution in [0.25, 0.3) is 10.9 Å². The minimum absolute atomic E-state index is 0.0232. The number of carbonyl (C=O) groups is 16. The highest BCUT2D eigenvalue weighted by atomic mass is 32.2. The Labute approximate surface area is 752 Å². The molecule has 35 nitrogen and oxygen atoms in total. The van der Waals surface area contributed by atoms with E-state index < -0.39 is 198 Å². The molecule has 15 N–H and O–H groups in total. The summed E-state index contributed by atoms with van der Waals surface area (Å²) < 4.78 is 0. The number of aromatic nitrogens is 1.